The van der Waals surface area contributed by atoms with Crippen LogP contribution in [0, 0.1) is 0 Å². The van der Waals surface area contributed by atoms with E-state index in [0.29, 0.717) is 24.4 Å². The van der Waals surface area contributed by atoms with Crippen LogP contribution >= 0.6 is 0 Å². The molecular formula is C20H21N5O3. The Labute approximate surface area is 162 Å². The van der Waals surface area contributed by atoms with Crippen LogP contribution in [0.15, 0.2) is 36.8 Å². The van der Waals surface area contributed by atoms with E-state index in [1.807, 2.05) is 12.1 Å². The van der Waals surface area contributed by atoms with Crippen molar-refractivity contribution in [1.29, 1.82) is 0 Å². The molecule has 0 bridgehead atoms. The Bertz CT molecular complexity index is 1040. The number of morpholine rings is 1. The molecule has 1 atom stereocenters. The predicted molar refractivity (Wildman–Crippen MR) is 104 cm³/mol. The van der Waals surface area contributed by atoms with E-state index < -0.39 is 0 Å². The van der Waals surface area contributed by atoms with Crippen molar-refractivity contribution in [2.45, 2.75) is 19.4 Å². The van der Waals surface area contributed by atoms with Crippen molar-refractivity contribution in [3.63, 3.8) is 0 Å². The van der Waals surface area contributed by atoms with Gasteiger partial charge in [-0.25, -0.2) is 9.50 Å². The first-order chi connectivity index (χ1) is 13.7. The Kier molecular flexibility index (Phi) is 4.12. The molecule has 5 rings (SSSR count). The fourth-order valence-corrected chi connectivity index (χ4v) is 3.79. The molecule has 1 N–H and O–H groups in total. The first-order valence-corrected chi connectivity index (χ1v) is 9.45. The van der Waals surface area contributed by atoms with Crippen molar-refractivity contribution >= 4 is 22.9 Å². The number of ether oxygens (including phenoxy) is 2. The second-order valence-electron chi connectivity index (χ2n) is 7.11. The van der Waals surface area contributed by atoms with Gasteiger partial charge in [0.15, 0.2) is 5.65 Å². The molecule has 144 valence electrons. The molecule has 0 aliphatic carbocycles. The molecule has 1 amide bonds. The highest BCUT2D eigenvalue weighted by atomic mass is 16.5. The molecule has 0 spiro atoms. The third-order valence-corrected chi connectivity index (χ3v) is 5.14. The predicted octanol–water partition coefficient (Wildman–Crippen LogP) is 2.14. The summed E-state index contributed by atoms with van der Waals surface area (Å²) in [6.07, 6.45) is 5.94. The number of fused-ring (bicyclic) bond motifs is 2. The number of aromatic nitrogens is 3. The van der Waals surface area contributed by atoms with Crippen LogP contribution in [0.1, 0.15) is 22.8 Å². The third kappa shape index (κ3) is 2.95. The summed E-state index contributed by atoms with van der Waals surface area (Å²) in [4.78, 5) is 19.5. The first-order valence-electron chi connectivity index (χ1n) is 9.45. The number of benzene rings is 1. The molecule has 8 heteroatoms. The molecule has 0 saturated carbocycles. The van der Waals surface area contributed by atoms with E-state index in [1.165, 1.54) is 0 Å². The Morgan fingerprint density at radius 1 is 1.29 bits per heavy atom. The molecule has 8 nitrogen and oxygen atoms in total. The highest BCUT2D eigenvalue weighted by Gasteiger charge is 2.25. The van der Waals surface area contributed by atoms with Gasteiger partial charge in [0, 0.05) is 43.5 Å². The molecule has 3 aromatic rings. The van der Waals surface area contributed by atoms with Crippen molar-refractivity contribution in [3.05, 3.63) is 47.9 Å². The lowest BCUT2D eigenvalue weighted by molar-refractivity contribution is 0.102. The van der Waals surface area contributed by atoms with Crippen LogP contribution in [-0.2, 0) is 11.2 Å². The molecule has 1 aromatic carbocycles. The van der Waals surface area contributed by atoms with Gasteiger partial charge in [-0.1, -0.05) is 0 Å². The SMILES string of the molecule is CC1Cc2cc(NC(=O)c3cnn4cccnc34)c(N3CCOCC3)cc2O1. The second-order valence-corrected chi connectivity index (χ2v) is 7.11. The van der Waals surface area contributed by atoms with Gasteiger partial charge in [0.2, 0.25) is 0 Å². The molecule has 0 radical (unpaired) electrons. The number of amides is 1. The van der Waals surface area contributed by atoms with Crippen LogP contribution < -0.4 is 15.0 Å². The Morgan fingerprint density at radius 2 is 2.14 bits per heavy atom. The average molecular weight is 379 g/mol. The highest BCUT2D eigenvalue weighted by molar-refractivity contribution is 6.09. The number of carbonyl (C=O) groups is 1. The molecule has 4 heterocycles. The van der Waals surface area contributed by atoms with Gasteiger partial charge in [-0.3, -0.25) is 4.79 Å². The second kappa shape index (κ2) is 6.79. The lowest BCUT2D eigenvalue weighted by atomic mass is 10.1. The molecule has 28 heavy (non-hydrogen) atoms. The van der Waals surface area contributed by atoms with E-state index in [-0.39, 0.29) is 12.0 Å². The van der Waals surface area contributed by atoms with Crippen LogP contribution in [0.3, 0.4) is 0 Å². The molecule has 2 aliphatic rings. The van der Waals surface area contributed by atoms with Crippen LogP contribution in [0.5, 0.6) is 5.75 Å². The summed E-state index contributed by atoms with van der Waals surface area (Å²) in [5.74, 6) is 0.666. The van der Waals surface area contributed by atoms with E-state index in [0.717, 1.165) is 42.2 Å². The van der Waals surface area contributed by atoms with E-state index in [4.69, 9.17) is 9.47 Å². The van der Waals surface area contributed by atoms with E-state index in [2.05, 4.69) is 27.2 Å². The fraction of sp³-hybridized carbons (Fsp3) is 0.350. The van der Waals surface area contributed by atoms with Crippen molar-refractivity contribution in [1.82, 2.24) is 14.6 Å². The normalized spacial score (nSPS) is 18.8. The van der Waals surface area contributed by atoms with Crippen molar-refractivity contribution in [2.75, 3.05) is 36.5 Å². The van der Waals surface area contributed by atoms with Gasteiger partial charge in [0.1, 0.15) is 17.4 Å². The molecule has 2 aromatic heterocycles. The smallest absolute Gasteiger partial charge is 0.261 e. The largest absolute Gasteiger partial charge is 0.490 e. The topological polar surface area (TPSA) is 81.0 Å². The Morgan fingerprint density at radius 3 is 3.00 bits per heavy atom. The molecular weight excluding hydrogens is 358 g/mol. The van der Waals surface area contributed by atoms with Gasteiger partial charge in [-0.05, 0) is 19.1 Å². The number of hydrogen-bond acceptors (Lipinski definition) is 6. The van der Waals surface area contributed by atoms with Crippen molar-refractivity contribution in [3.8, 4) is 5.75 Å². The van der Waals surface area contributed by atoms with Crippen molar-refractivity contribution < 1.29 is 14.3 Å². The Balaban J connectivity index is 1.51. The Hall–Kier alpha value is -3.13. The number of anilines is 2. The highest BCUT2D eigenvalue weighted by Crippen LogP contribution is 2.39. The number of rotatable bonds is 3. The van der Waals surface area contributed by atoms with Gasteiger partial charge < -0.3 is 19.7 Å². The number of nitrogens with zero attached hydrogens (tertiary/aromatic N) is 4. The van der Waals surface area contributed by atoms with Crippen LogP contribution in [0.4, 0.5) is 11.4 Å². The van der Waals surface area contributed by atoms with Crippen LogP contribution in [0.25, 0.3) is 5.65 Å². The lowest BCUT2D eigenvalue weighted by Crippen LogP contribution is -2.36. The summed E-state index contributed by atoms with van der Waals surface area (Å²) in [6, 6.07) is 5.84. The summed E-state index contributed by atoms with van der Waals surface area (Å²) >= 11 is 0. The average Bonchev–Trinajstić information content (AvgIpc) is 3.30. The van der Waals surface area contributed by atoms with E-state index in [1.54, 1.807) is 29.2 Å². The van der Waals surface area contributed by atoms with Gasteiger partial charge in [-0.15, -0.1) is 0 Å². The standard InChI is InChI=1S/C20H21N5O3/c1-13-9-14-10-16(17(11-18(14)28-13)24-5-7-27-8-6-24)23-20(26)15-12-22-25-4-2-3-21-19(15)25/h2-4,10-13H,5-9H2,1H3,(H,23,26). The lowest BCUT2D eigenvalue weighted by Gasteiger charge is -2.31. The zero-order chi connectivity index (χ0) is 19.1. The minimum absolute atomic E-state index is 0.141. The van der Waals surface area contributed by atoms with Gasteiger partial charge in [0.05, 0.1) is 30.8 Å². The third-order valence-electron chi connectivity index (χ3n) is 5.14. The number of carbonyl (C=O) groups excluding carboxylic acids is 1. The fourth-order valence-electron chi connectivity index (χ4n) is 3.79. The maximum absolute atomic E-state index is 13.0. The van der Waals surface area contributed by atoms with Crippen LogP contribution in [-0.4, -0.2) is 52.9 Å². The number of hydrogen-bond donors (Lipinski definition) is 1. The summed E-state index contributed by atoms with van der Waals surface area (Å²) in [5.41, 5.74) is 3.81. The summed E-state index contributed by atoms with van der Waals surface area (Å²) < 4.78 is 13.0. The quantitative estimate of drug-likeness (QED) is 0.751. The maximum Gasteiger partial charge on any atom is 0.261 e. The number of nitrogens with one attached hydrogen (secondary N) is 1. The molecule has 1 saturated heterocycles. The molecule has 1 unspecified atom stereocenters. The minimum Gasteiger partial charge on any atom is -0.490 e. The van der Waals surface area contributed by atoms with Crippen LogP contribution in [0.2, 0.25) is 0 Å². The molecule has 1 fully saturated rings. The first kappa shape index (κ1) is 17.0. The van der Waals surface area contributed by atoms with E-state index >= 15 is 0 Å². The minimum atomic E-state index is -0.227. The summed E-state index contributed by atoms with van der Waals surface area (Å²) in [5, 5.41) is 7.28. The molecule has 2 aliphatic heterocycles. The maximum atomic E-state index is 13.0. The summed E-state index contributed by atoms with van der Waals surface area (Å²) in [6.45, 7) is 4.93. The zero-order valence-corrected chi connectivity index (χ0v) is 15.6. The zero-order valence-electron chi connectivity index (χ0n) is 15.6. The summed E-state index contributed by atoms with van der Waals surface area (Å²) in [7, 11) is 0. The van der Waals surface area contributed by atoms with Gasteiger partial charge >= 0.3 is 0 Å². The van der Waals surface area contributed by atoms with Gasteiger partial charge in [0.25, 0.3) is 5.91 Å². The monoisotopic (exact) mass is 379 g/mol. The van der Waals surface area contributed by atoms with Crippen molar-refractivity contribution in [2.24, 2.45) is 0 Å². The van der Waals surface area contributed by atoms with Gasteiger partial charge in [-0.2, -0.15) is 5.10 Å². The van der Waals surface area contributed by atoms with E-state index in [9.17, 15) is 4.79 Å².